The van der Waals surface area contributed by atoms with Crippen molar-refractivity contribution < 1.29 is 28.7 Å². The molecule has 4 N–H and O–H groups in total. The lowest BCUT2D eigenvalue weighted by atomic mass is 10.1. The third-order valence-corrected chi connectivity index (χ3v) is 3.06. The molecule has 100 valence electrons. The Morgan fingerprint density at radius 1 is 1.28 bits per heavy atom. The number of carboxylic acids is 1. The summed E-state index contributed by atoms with van der Waals surface area (Å²) < 4.78 is 22.9. The molecule has 18 heavy (non-hydrogen) atoms. The van der Waals surface area contributed by atoms with Gasteiger partial charge in [0.15, 0.2) is 0 Å². The molecule has 0 heterocycles. The normalized spacial score (nSPS) is 13.3. The fourth-order valence-electron chi connectivity index (χ4n) is 1.43. The van der Waals surface area contributed by atoms with Gasteiger partial charge >= 0.3 is 13.6 Å². The highest BCUT2D eigenvalue weighted by atomic mass is 31.2. The molecular weight excluding hydrogens is 264 g/mol. The second-order valence-electron chi connectivity index (χ2n) is 3.84. The van der Waals surface area contributed by atoms with Crippen molar-refractivity contribution in [3.63, 3.8) is 0 Å². The van der Waals surface area contributed by atoms with Crippen LogP contribution >= 0.6 is 7.60 Å². The minimum atomic E-state index is -4.12. The molecule has 0 aliphatic rings. The maximum atomic E-state index is 12.2. The van der Waals surface area contributed by atoms with E-state index < -0.39 is 19.6 Å². The highest BCUT2D eigenvalue weighted by Gasteiger charge is 2.18. The molecule has 0 bridgehead atoms. The van der Waals surface area contributed by atoms with Crippen LogP contribution in [0, 0.1) is 0 Å². The Balaban J connectivity index is 2.71. The molecule has 0 saturated carbocycles. The second-order valence-corrected chi connectivity index (χ2v) is 5.49. The van der Waals surface area contributed by atoms with Crippen LogP contribution in [0.2, 0.25) is 0 Å². The Morgan fingerprint density at radius 3 is 2.17 bits per heavy atom. The van der Waals surface area contributed by atoms with Gasteiger partial charge in [-0.3, -0.25) is 9.36 Å². The van der Waals surface area contributed by atoms with Crippen LogP contribution in [0.3, 0.4) is 0 Å². The van der Waals surface area contributed by atoms with Crippen LogP contribution in [-0.4, -0.2) is 26.9 Å². The van der Waals surface area contributed by atoms with Gasteiger partial charge in [-0.1, -0.05) is 24.3 Å². The number of carbonyl (C=O) groups is 1. The molecule has 0 aromatic heterocycles. The molecule has 0 radical (unpaired) electrons. The van der Waals surface area contributed by atoms with Gasteiger partial charge in [0.05, 0.1) is 6.16 Å². The Bertz CT molecular complexity index is 458. The summed E-state index contributed by atoms with van der Waals surface area (Å²) in [4.78, 5) is 28.1. The first-order valence-electron chi connectivity index (χ1n) is 5.03. The zero-order valence-electron chi connectivity index (χ0n) is 9.28. The van der Waals surface area contributed by atoms with Gasteiger partial charge < -0.3 is 14.9 Å². The van der Waals surface area contributed by atoms with Crippen LogP contribution in [0.1, 0.15) is 11.1 Å². The van der Waals surface area contributed by atoms with Crippen LogP contribution in [0.25, 0.3) is 0 Å². The summed E-state index contributed by atoms with van der Waals surface area (Å²) in [6.45, 7) is 0. The lowest BCUT2D eigenvalue weighted by Crippen LogP contribution is -2.33. The number of aliphatic carboxylic acids is 1. The first kappa shape index (κ1) is 14.8. The van der Waals surface area contributed by atoms with E-state index in [0.29, 0.717) is 11.1 Å². The number of nitrogens with one attached hydrogen (secondary N) is 1. The summed E-state index contributed by atoms with van der Waals surface area (Å²) >= 11 is 0. The summed E-state index contributed by atoms with van der Waals surface area (Å²) in [7, 11) is -4.12. The van der Waals surface area contributed by atoms with Crippen molar-refractivity contribution in [2.24, 2.45) is 0 Å². The largest absolute Gasteiger partial charge is 0.480 e. The molecule has 1 aromatic rings. The smallest absolute Gasteiger partial charge is 0.329 e. The average molecular weight is 277 g/mol. The van der Waals surface area contributed by atoms with Crippen molar-refractivity contribution in [1.82, 2.24) is 5.54 Å². The molecule has 0 saturated heterocycles. The van der Waals surface area contributed by atoms with Gasteiger partial charge in [-0.05, 0) is 11.1 Å². The summed E-state index contributed by atoms with van der Waals surface area (Å²) in [6.07, 6.45) is -0.432. The number of carboxylic acid groups (broad SMARTS) is 1. The van der Waals surface area contributed by atoms with E-state index in [1.54, 1.807) is 0 Å². The van der Waals surface area contributed by atoms with Gasteiger partial charge in [0.25, 0.3) is 0 Å². The maximum Gasteiger partial charge on any atom is 0.329 e. The van der Waals surface area contributed by atoms with Crippen LogP contribution in [0.15, 0.2) is 24.3 Å². The summed E-state index contributed by atoms with van der Waals surface area (Å²) in [5.41, 5.74) is 2.17. The lowest BCUT2D eigenvalue weighted by Gasteiger charge is -2.09. The molecule has 0 amide bonds. The fraction of sp³-hybridized carbons (Fsp3) is 0.300. The predicted octanol–water partition coefficient (Wildman–Crippen LogP) is 0.834. The Hall–Kier alpha value is -1.27. The van der Waals surface area contributed by atoms with Gasteiger partial charge in [-0.2, -0.15) is 0 Å². The zero-order chi connectivity index (χ0) is 13.8. The summed E-state index contributed by atoms with van der Waals surface area (Å²) in [6, 6.07) is 4.64. The third kappa shape index (κ3) is 4.93. The fourth-order valence-corrected chi connectivity index (χ4v) is 2.11. The highest BCUT2D eigenvalue weighted by Crippen LogP contribution is 2.38. The van der Waals surface area contributed by atoms with Crippen molar-refractivity contribution in [1.29, 1.82) is 0 Å². The molecule has 1 aromatic carbocycles. The van der Waals surface area contributed by atoms with E-state index in [1.807, 2.05) is 0 Å². The first-order valence-corrected chi connectivity index (χ1v) is 6.83. The molecule has 1 unspecified atom stereocenters. The van der Waals surface area contributed by atoms with Crippen molar-refractivity contribution in [2.75, 3.05) is 0 Å². The monoisotopic (exact) mass is 277 g/mol. The van der Waals surface area contributed by atoms with Gasteiger partial charge in [0.2, 0.25) is 0 Å². The first-order chi connectivity index (χ1) is 8.31. The molecule has 0 spiro atoms. The van der Waals surface area contributed by atoms with Crippen molar-refractivity contribution in [2.45, 2.75) is 18.6 Å². The lowest BCUT2D eigenvalue weighted by molar-refractivity contribution is -0.140. The van der Waals surface area contributed by atoms with Gasteiger partial charge in [0, 0.05) is 6.42 Å². The van der Waals surface area contributed by atoms with Gasteiger partial charge in [0.1, 0.15) is 6.04 Å². The van der Waals surface area contributed by atoms with Crippen LogP contribution in [0.4, 0.5) is 4.48 Å². The summed E-state index contributed by atoms with van der Waals surface area (Å²) in [5.74, 6) is -1.31. The van der Waals surface area contributed by atoms with E-state index >= 15 is 0 Å². The van der Waals surface area contributed by atoms with Crippen LogP contribution in [-0.2, 0) is 21.9 Å². The average Bonchev–Trinajstić information content (AvgIpc) is 2.25. The zero-order valence-corrected chi connectivity index (χ0v) is 10.2. The van der Waals surface area contributed by atoms with Crippen LogP contribution < -0.4 is 5.54 Å². The van der Waals surface area contributed by atoms with E-state index in [4.69, 9.17) is 14.9 Å². The SMILES string of the molecule is O=C(O)C(Cc1ccc(CP(=O)(O)O)cc1)NF. The quantitative estimate of drug-likeness (QED) is 0.453. The second kappa shape index (κ2) is 6.06. The van der Waals surface area contributed by atoms with Gasteiger partial charge in [-0.25, -0.2) is 0 Å². The molecule has 8 heteroatoms. The molecule has 1 atom stereocenters. The third-order valence-electron chi connectivity index (χ3n) is 2.28. The standard InChI is InChI=1S/C10H13FNO5P/c11-12-9(10(13)14)5-7-1-3-8(4-2-7)6-18(15,16)17/h1-4,9,12H,5-6H2,(H,13,14)(H2,15,16,17). The topological polar surface area (TPSA) is 107 Å². The van der Waals surface area contributed by atoms with E-state index in [0.717, 1.165) is 0 Å². The molecule has 6 nitrogen and oxygen atoms in total. The van der Waals surface area contributed by atoms with Crippen molar-refractivity contribution in [3.8, 4) is 0 Å². The molecule has 1 rings (SSSR count). The highest BCUT2D eigenvalue weighted by molar-refractivity contribution is 7.50. The number of halogens is 1. The number of benzene rings is 1. The van der Waals surface area contributed by atoms with Crippen molar-refractivity contribution >= 4 is 13.6 Å². The van der Waals surface area contributed by atoms with E-state index in [9.17, 15) is 13.8 Å². The van der Waals surface area contributed by atoms with E-state index in [-0.39, 0.29) is 12.6 Å². The Labute approximate surface area is 103 Å². The minimum absolute atomic E-state index is 0.0535. The number of rotatable bonds is 6. The van der Waals surface area contributed by atoms with Gasteiger partial charge in [-0.15, -0.1) is 10.0 Å². The predicted molar refractivity (Wildman–Crippen MR) is 61.6 cm³/mol. The number of hydrogen-bond donors (Lipinski definition) is 4. The number of hydrogen-bond acceptors (Lipinski definition) is 3. The molecule has 0 aliphatic carbocycles. The molecular formula is C10H13FNO5P. The molecule has 0 fully saturated rings. The Kier molecular flexibility index (Phi) is 4.98. The molecule has 0 aliphatic heterocycles. The minimum Gasteiger partial charge on any atom is -0.480 e. The Morgan fingerprint density at radius 2 is 1.78 bits per heavy atom. The van der Waals surface area contributed by atoms with Crippen LogP contribution in [0.5, 0.6) is 0 Å². The van der Waals surface area contributed by atoms with Crippen molar-refractivity contribution in [3.05, 3.63) is 35.4 Å². The van der Waals surface area contributed by atoms with E-state index in [2.05, 4.69) is 0 Å². The summed E-state index contributed by atoms with van der Waals surface area (Å²) in [5, 5.41) is 8.64. The van der Waals surface area contributed by atoms with E-state index in [1.165, 1.54) is 29.8 Å². The maximum absolute atomic E-state index is 12.2.